The van der Waals surface area contributed by atoms with Crippen molar-refractivity contribution >= 4 is 29.1 Å². The SMILES string of the molecule is CC(C)Sc1ccc2c(c1)C(c1ccccc1Cl)=NCc1nnc(CNCC3CC3)n1-2. The Bertz CT molecular complexity index is 1130. The Hall–Kier alpha value is -2.15. The topological polar surface area (TPSA) is 55.1 Å². The van der Waals surface area contributed by atoms with Crippen LogP contribution in [0.4, 0.5) is 0 Å². The Morgan fingerprint density at radius 3 is 2.74 bits per heavy atom. The number of benzene rings is 2. The molecule has 160 valence electrons. The highest BCUT2D eigenvalue weighted by Gasteiger charge is 2.25. The van der Waals surface area contributed by atoms with Gasteiger partial charge in [-0.3, -0.25) is 9.56 Å². The summed E-state index contributed by atoms with van der Waals surface area (Å²) in [6, 6.07) is 14.5. The van der Waals surface area contributed by atoms with E-state index in [1.165, 1.54) is 17.7 Å². The predicted octanol–water partition coefficient (Wildman–Crippen LogP) is 5.27. The van der Waals surface area contributed by atoms with Crippen LogP contribution in [0.25, 0.3) is 5.69 Å². The lowest BCUT2D eigenvalue weighted by Gasteiger charge is -2.16. The molecule has 0 saturated heterocycles. The second-order valence-corrected chi connectivity index (χ2v) is 10.5. The summed E-state index contributed by atoms with van der Waals surface area (Å²) in [6.07, 6.45) is 2.66. The van der Waals surface area contributed by atoms with E-state index < -0.39 is 0 Å². The lowest BCUT2D eigenvalue weighted by molar-refractivity contribution is 0.611. The molecular formula is C24H26ClN5S. The summed E-state index contributed by atoms with van der Waals surface area (Å²) in [7, 11) is 0. The van der Waals surface area contributed by atoms with E-state index >= 15 is 0 Å². The molecule has 2 heterocycles. The molecule has 0 radical (unpaired) electrons. The highest BCUT2D eigenvalue weighted by molar-refractivity contribution is 7.99. The maximum absolute atomic E-state index is 6.59. The van der Waals surface area contributed by atoms with Crippen molar-refractivity contribution in [1.82, 2.24) is 20.1 Å². The molecule has 1 N–H and O–H groups in total. The van der Waals surface area contributed by atoms with Gasteiger partial charge in [-0.05, 0) is 49.6 Å². The highest BCUT2D eigenvalue weighted by atomic mass is 35.5. The highest BCUT2D eigenvalue weighted by Crippen LogP contribution is 2.33. The van der Waals surface area contributed by atoms with Crippen LogP contribution in [0, 0.1) is 5.92 Å². The molecule has 3 aromatic rings. The normalized spacial score (nSPS) is 15.4. The number of nitrogens with one attached hydrogen (secondary N) is 1. The van der Waals surface area contributed by atoms with Crippen molar-refractivity contribution in [2.24, 2.45) is 10.9 Å². The molecule has 5 rings (SSSR count). The van der Waals surface area contributed by atoms with Crippen LogP contribution in [0.5, 0.6) is 0 Å². The van der Waals surface area contributed by atoms with Crippen LogP contribution < -0.4 is 5.32 Å². The van der Waals surface area contributed by atoms with E-state index in [2.05, 4.69) is 52.1 Å². The lowest BCUT2D eigenvalue weighted by Crippen LogP contribution is -2.20. The molecule has 7 heteroatoms. The van der Waals surface area contributed by atoms with Gasteiger partial charge in [0.2, 0.25) is 0 Å². The number of hydrogen-bond acceptors (Lipinski definition) is 5. The minimum Gasteiger partial charge on any atom is -0.310 e. The van der Waals surface area contributed by atoms with Crippen LogP contribution in [0.2, 0.25) is 5.02 Å². The van der Waals surface area contributed by atoms with Gasteiger partial charge in [-0.15, -0.1) is 22.0 Å². The average molecular weight is 452 g/mol. The Morgan fingerprint density at radius 2 is 1.97 bits per heavy atom. The van der Waals surface area contributed by atoms with Crippen LogP contribution in [0.3, 0.4) is 0 Å². The van der Waals surface area contributed by atoms with Gasteiger partial charge in [0.1, 0.15) is 6.54 Å². The van der Waals surface area contributed by atoms with E-state index in [9.17, 15) is 0 Å². The quantitative estimate of drug-likeness (QED) is 0.497. The summed E-state index contributed by atoms with van der Waals surface area (Å²) in [5.74, 6) is 2.61. The van der Waals surface area contributed by atoms with Crippen LogP contribution in [-0.2, 0) is 13.1 Å². The van der Waals surface area contributed by atoms with Gasteiger partial charge in [-0.2, -0.15) is 0 Å². The lowest BCUT2D eigenvalue weighted by atomic mass is 10.0. The Labute approximate surface area is 192 Å². The van der Waals surface area contributed by atoms with Gasteiger partial charge in [-0.25, -0.2) is 0 Å². The first-order valence-electron chi connectivity index (χ1n) is 10.8. The summed E-state index contributed by atoms with van der Waals surface area (Å²) < 4.78 is 2.17. The molecule has 1 fully saturated rings. The predicted molar refractivity (Wildman–Crippen MR) is 128 cm³/mol. The van der Waals surface area contributed by atoms with Gasteiger partial charge in [0.05, 0.1) is 17.9 Å². The minimum atomic E-state index is 0.470. The molecule has 2 aliphatic rings. The van der Waals surface area contributed by atoms with Gasteiger partial charge in [-0.1, -0.05) is 43.6 Å². The van der Waals surface area contributed by atoms with E-state index in [0.29, 0.717) is 23.4 Å². The van der Waals surface area contributed by atoms with Gasteiger partial charge < -0.3 is 5.32 Å². The third-order valence-corrected chi connectivity index (χ3v) is 6.88. The monoisotopic (exact) mass is 451 g/mol. The fourth-order valence-corrected chi connectivity index (χ4v) is 5.02. The van der Waals surface area contributed by atoms with Crippen LogP contribution in [0.15, 0.2) is 52.4 Å². The Kier molecular flexibility index (Phi) is 5.87. The molecule has 0 bridgehead atoms. The molecule has 0 spiro atoms. The van der Waals surface area contributed by atoms with E-state index in [0.717, 1.165) is 46.6 Å². The van der Waals surface area contributed by atoms with E-state index in [1.807, 2.05) is 36.0 Å². The number of aromatic nitrogens is 3. The minimum absolute atomic E-state index is 0.470. The van der Waals surface area contributed by atoms with Crippen molar-refractivity contribution in [3.63, 3.8) is 0 Å². The Morgan fingerprint density at radius 1 is 1.13 bits per heavy atom. The molecule has 0 atom stereocenters. The molecule has 31 heavy (non-hydrogen) atoms. The third kappa shape index (κ3) is 4.43. The number of fused-ring (bicyclic) bond motifs is 3. The first-order valence-corrected chi connectivity index (χ1v) is 12.1. The molecule has 0 amide bonds. The second-order valence-electron chi connectivity index (χ2n) is 8.43. The van der Waals surface area contributed by atoms with Crippen LogP contribution >= 0.6 is 23.4 Å². The molecular weight excluding hydrogens is 426 g/mol. The number of rotatable bonds is 7. The average Bonchev–Trinajstić information content (AvgIpc) is 3.51. The number of aliphatic imine (C=N–C) groups is 1. The summed E-state index contributed by atoms with van der Waals surface area (Å²) in [5.41, 5.74) is 3.99. The zero-order valence-electron chi connectivity index (χ0n) is 17.8. The number of nitrogens with zero attached hydrogens (tertiary/aromatic N) is 4. The smallest absolute Gasteiger partial charge is 0.159 e. The number of hydrogen-bond donors (Lipinski definition) is 1. The molecule has 2 aromatic carbocycles. The summed E-state index contributed by atoms with van der Waals surface area (Å²) >= 11 is 8.44. The Balaban J connectivity index is 1.60. The maximum atomic E-state index is 6.59. The summed E-state index contributed by atoms with van der Waals surface area (Å²) in [5, 5.41) is 13.7. The molecule has 1 aromatic heterocycles. The number of halogens is 1. The van der Waals surface area contributed by atoms with Gasteiger partial charge in [0.15, 0.2) is 11.6 Å². The van der Waals surface area contributed by atoms with Crippen LogP contribution in [0.1, 0.15) is 49.5 Å². The zero-order chi connectivity index (χ0) is 21.4. The van der Waals surface area contributed by atoms with Crippen molar-refractivity contribution in [1.29, 1.82) is 0 Å². The van der Waals surface area contributed by atoms with Gasteiger partial charge >= 0.3 is 0 Å². The zero-order valence-corrected chi connectivity index (χ0v) is 19.4. The fraction of sp³-hybridized carbons (Fsp3) is 0.375. The summed E-state index contributed by atoms with van der Waals surface area (Å²) in [6.45, 7) is 6.63. The largest absolute Gasteiger partial charge is 0.310 e. The molecule has 1 aliphatic heterocycles. The standard InChI is InChI=1S/C24H26ClN5S/c1-15(2)31-17-9-10-21-19(11-17)24(18-5-3-4-6-20(18)25)27-14-23-29-28-22(30(21)23)13-26-12-16-7-8-16/h3-6,9-11,15-16,26H,7-8,12-14H2,1-2H3. The van der Waals surface area contributed by atoms with Crippen LogP contribution in [-0.4, -0.2) is 32.3 Å². The molecule has 0 unspecified atom stereocenters. The molecule has 1 saturated carbocycles. The number of thioether (sulfide) groups is 1. The van der Waals surface area contributed by atoms with Gasteiger partial charge in [0.25, 0.3) is 0 Å². The van der Waals surface area contributed by atoms with Gasteiger partial charge in [0, 0.05) is 26.3 Å². The fourth-order valence-electron chi connectivity index (χ4n) is 3.92. The van der Waals surface area contributed by atoms with Crippen molar-refractivity contribution in [3.8, 4) is 5.69 Å². The van der Waals surface area contributed by atoms with E-state index in [1.54, 1.807) is 0 Å². The molecule has 5 nitrogen and oxygen atoms in total. The first kappa shape index (κ1) is 20.7. The second kappa shape index (κ2) is 8.77. The van der Waals surface area contributed by atoms with E-state index in [4.69, 9.17) is 16.6 Å². The van der Waals surface area contributed by atoms with E-state index in [-0.39, 0.29) is 0 Å². The van der Waals surface area contributed by atoms with Crippen molar-refractivity contribution in [3.05, 3.63) is 70.3 Å². The van der Waals surface area contributed by atoms with Crippen molar-refractivity contribution in [2.75, 3.05) is 6.54 Å². The third-order valence-electron chi connectivity index (χ3n) is 5.55. The summed E-state index contributed by atoms with van der Waals surface area (Å²) in [4.78, 5) is 6.19. The maximum Gasteiger partial charge on any atom is 0.159 e. The molecule has 1 aliphatic carbocycles. The van der Waals surface area contributed by atoms with Crippen molar-refractivity contribution in [2.45, 2.75) is 49.9 Å². The van der Waals surface area contributed by atoms with Crippen molar-refractivity contribution < 1.29 is 0 Å². The first-order chi connectivity index (χ1) is 15.1.